The van der Waals surface area contributed by atoms with E-state index in [1.165, 1.54) is 0 Å². The first-order chi connectivity index (χ1) is 8.27. The molecular weight excluding hydrogens is 216 g/mol. The highest BCUT2D eigenvalue weighted by Gasteiger charge is 2.12. The number of aromatic nitrogens is 1. The average Bonchev–Trinajstić information content (AvgIpc) is 2.36. The Labute approximate surface area is 101 Å². The largest absolute Gasteiger partial charge is 0.337 e. The van der Waals surface area contributed by atoms with Crippen molar-refractivity contribution < 1.29 is 4.79 Å². The van der Waals surface area contributed by atoms with E-state index in [0.717, 1.165) is 5.56 Å². The van der Waals surface area contributed by atoms with Crippen LogP contribution >= 0.6 is 0 Å². The highest BCUT2D eigenvalue weighted by atomic mass is 16.2. The molecule has 0 saturated heterocycles. The highest BCUT2D eigenvalue weighted by molar-refractivity contribution is 5.76. The second kappa shape index (κ2) is 7.36. The molecule has 1 rings (SSSR count). The maximum Gasteiger partial charge on any atom is 0.224 e. The number of carbonyl (C=O) groups excluding carboxylic acids is 1. The molecule has 1 amide bonds. The Balaban J connectivity index is 2.63. The lowest BCUT2D eigenvalue weighted by Gasteiger charge is -2.21. The zero-order chi connectivity index (χ0) is 12.5. The number of carbonyl (C=O) groups is 1. The molecule has 1 aromatic rings. The predicted molar refractivity (Wildman–Crippen MR) is 63.6 cm³/mol. The highest BCUT2D eigenvalue weighted by Crippen LogP contribution is 2.05. The summed E-state index contributed by atoms with van der Waals surface area (Å²) in [6.45, 7) is 1.24. The van der Waals surface area contributed by atoms with Gasteiger partial charge in [0.1, 0.15) is 0 Å². The summed E-state index contributed by atoms with van der Waals surface area (Å²) in [7, 11) is 0. The molecule has 0 atom stereocenters. The van der Waals surface area contributed by atoms with Crippen molar-refractivity contribution in [1.82, 2.24) is 9.88 Å². The fourth-order valence-electron chi connectivity index (χ4n) is 1.47. The van der Waals surface area contributed by atoms with Crippen LogP contribution in [0.5, 0.6) is 0 Å². The Bertz CT molecular complexity index is 385. The number of amides is 1. The number of nitrogens with two attached hydrogens (primary N) is 1. The maximum atomic E-state index is 11.8. The van der Waals surface area contributed by atoms with Gasteiger partial charge in [0.05, 0.1) is 12.5 Å². The normalized spacial score (nSPS) is 9.65. The lowest BCUT2D eigenvalue weighted by atomic mass is 10.2. The zero-order valence-electron chi connectivity index (χ0n) is 9.67. The quantitative estimate of drug-likeness (QED) is 0.781. The second-order valence-electron chi connectivity index (χ2n) is 3.62. The van der Waals surface area contributed by atoms with Gasteiger partial charge in [-0.3, -0.25) is 9.78 Å². The van der Waals surface area contributed by atoms with Gasteiger partial charge in [-0.05, 0) is 11.6 Å². The minimum atomic E-state index is -0.0217. The molecule has 17 heavy (non-hydrogen) atoms. The number of nitrogens with zero attached hydrogens (tertiary/aromatic N) is 3. The zero-order valence-corrected chi connectivity index (χ0v) is 9.67. The van der Waals surface area contributed by atoms with Crippen molar-refractivity contribution in [3.05, 3.63) is 30.1 Å². The van der Waals surface area contributed by atoms with Gasteiger partial charge in [0.25, 0.3) is 0 Å². The van der Waals surface area contributed by atoms with Crippen LogP contribution in [0.3, 0.4) is 0 Å². The summed E-state index contributed by atoms with van der Waals surface area (Å²) in [5.74, 6) is -0.0217. The van der Waals surface area contributed by atoms with Gasteiger partial charge in [-0.25, -0.2) is 0 Å². The van der Waals surface area contributed by atoms with Crippen molar-refractivity contribution in [1.29, 1.82) is 5.26 Å². The SMILES string of the molecule is N#CCCN(Cc1cccnc1)C(=O)CCN. The second-order valence-corrected chi connectivity index (χ2v) is 3.62. The summed E-state index contributed by atoms with van der Waals surface area (Å²) in [6.07, 6.45) is 4.04. The minimum absolute atomic E-state index is 0.0217. The van der Waals surface area contributed by atoms with Crippen LogP contribution in [0.25, 0.3) is 0 Å². The van der Waals surface area contributed by atoms with Crippen LogP contribution in [0.2, 0.25) is 0 Å². The van der Waals surface area contributed by atoms with Crippen LogP contribution in [0.4, 0.5) is 0 Å². The molecule has 0 spiro atoms. The number of hydrogen-bond acceptors (Lipinski definition) is 4. The van der Waals surface area contributed by atoms with Crippen molar-refractivity contribution >= 4 is 5.91 Å². The molecule has 1 heterocycles. The van der Waals surface area contributed by atoms with Crippen LogP contribution in [0.15, 0.2) is 24.5 Å². The van der Waals surface area contributed by atoms with E-state index in [1.807, 2.05) is 18.2 Å². The van der Waals surface area contributed by atoms with E-state index in [2.05, 4.69) is 4.98 Å². The molecule has 1 aromatic heterocycles. The van der Waals surface area contributed by atoms with Gasteiger partial charge in [0.15, 0.2) is 0 Å². The lowest BCUT2D eigenvalue weighted by molar-refractivity contribution is -0.131. The molecule has 0 radical (unpaired) electrons. The summed E-state index contributed by atoms with van der Waals surface area (Å²) in [6, 6.07) is 5.77. The number of rotatable bonds is 6. The number of pyridine rings is 1. The third-order valence-electron chi connectivity index (χ3n) is 2.30. The first kappa shape index (κ1) is 13.1. The molecule has 0 aromatic carbocycles. The van der Waals surface area contributed by atoms with E-state index in [9.17, 15) is 4.79 Å². The van der Waals surface area contributed by atoms with Crippen LogP contribution < -0.4 is 5.73 Å². The monoisotopic (exact) mass is 232 g/mol. The Morgan fingerprint density at radius 2 is 2.41 bits per heavy atom. The number of nitriles is 1. The molecule has 5 nitrogen and oxygen atoms in total. The van der Waals surface area contributed by atoms with Gasteiger partial charge < -0.3 is 10.6 Å². The number of hydrogen-bond donors (Lipinski definition) is 1. The van der Waals surface area contributed by atoms with Crippen LogP contribution in [0, 0.1) is 11.3 Å². The first-order valence-corrected chi connectivity index (χ1v) is 5.51. The van der Waals surface area contributed by atoms with E-state index >= 15 is 0 Å². The first-order valence-electron chi connectivity index (χ1n) is 5.51. The average molecular weight is 232 g/mol. The van der Waals surface area contributed by atoms with E-state index in [4.69, 9.17) is 11.0 Å². The molecule has 0 aliphatic heterocycles. The van der Waals surface area contributed by atoms with Crippen molar-refractivity contribution in [2.75, 3.05) is 13.1 Å². The molecule has 0 saturated carbocycles. The summed E-state index contributed by atoms with van der Waals surface area (Å²) in [5.41, 5.74) is 6.32. The van der Waals surface area contributed by atoms with Gasteiger partial charge >= 0.3 is 0 Å². The molecule has 5 heteroatoms. The Hall–Kier alpha value is -1.93. The molecule has 0 aliphatic carbocycles. The van der Waals surface area contributed by atoms with Crippen molar-refractivity contribution in [3.8, 4) is 6.07 Å². The van der Waals surface area contributed by atoms with Gasteiger partial charge in [-0.15, -0.1) is 0 Å². The topological polar surface area (TPSA) is 83.0 Å². The van der Waals surface area contributed by atoms with E-state index in [1.54, 1.807) is 17.3 Å². The lowest BCUT2D eigenvalue weighted by Crippen LogP contribution is -2.32. The van der Waals surface area contributed by atoms with Gasteiger partial charge in [0.2, 0.25) is 5.91 Å². The molecular formula is C12H16N4O. The van der Waals surface area contributed by atoms with Crippen LogP contribution in [-0.4, -0.2) is 28.9 Å². The third kappa shape index (κ3) is 4.62. The third-order valence-corrected chi connectivity index (χ3v) is 2.30. The molecule has 0 unspecified atom stereocenters. The maximum absolute atomic E-state index is 11.8. The van der Waals surface area contributed by atoms with E-state index in [0.29, 0.717) is 32.5 Å². The van der Waals surface area contributed by atoms with Gasteiger partial charge in [-0.2, -0.15) is 5.26 Å². The summed E-state index contributed by atoms with van der Waals surface area (Å²) in [4.78, 5) is 17.4. The molecule has 0 aliphatic rings. The smallest absolute Gasteiger partial charge is 0.224 e. The van der Waals surface area contributed by atoms with E-state index < -0.39 is 0 Å². The predicted octanol–water partition coefficient (Wildman–Crippen LogP) is 0.673. The Kier molecular flexibility index (Phi) is 5.69. The molecule has 2 N–H and O–H groups in total. The molecule has 90 valence electrons. The van der Waals surface area contributed by atoms with Crippen LogP contribution in [-0.2, 0) is 11.3 Å². The minimum Gasteiger partial charge on any atom is -0.337 e. The fraction of sp³-hybridized carbons (Fsp3) is 0.417. The summed E-state index contributed by atoms with van der Waals surface area (Å²) >= 11 is 0. The van der Waals surface area contributed by atoms with Crippen LogP contribution in [0.1, 0.15) is 18.4 Å². The standard InChI is InChI=1S/C12H16N4O/c13-5-2-8-16(12(17)4-6-14)10-11-3-1-7-15-9-11/h1,3,7,9H,2,4,6,8,10,14H2. The molecule has 0 bridgehead atoms. The fourth-order valence-corrected chi connectivity index (χ4v) is 1.47. The molecule has 0 fully saturated rings. The van der Waals surface area contributed by atoms with Crippen molar-refractivity contribution in [2.24, 2.45) is 5.73 Å². The van der Waals surface area contributed by atoms with Crippen molar-refractivity contribution in [3.63, 3.8) is 0 Å². The summed E-state index contributed by atoms with van der Waals surface area (Å²) < 4.78 is 0. The van der Waals surface area contributed by atoms with Gasteiger partial charge in [-0.1, -0.05) is 6.07 Å². The Morgan fingerprint density at radius 3 is 3.00 bits per heavy atom. The van der Waals surface area contributed by atoms with Gasteiger partial charge in [0, 0.05) is 38.4 Å². The van der Waals surface area contributed by atoms with Crippen molar-refractivity contribution in [2.45, 2.75) is 19.4 Å². The summed E-state index contributed by atoms with van der Waals surface area (Å²) in [5, 5.41) is 8.57. The Morgan fingerprint density at radius 1 is 1.59 bits per heavy atom. The van der Waals surface area contributed by atoms with E-state index in [-0.39, 0.29) is 5.91 Å².